The Balaban J connectivity index is 1.67. The summed E-state index contributed by atoms with van der Waals surface area (Å²) in [4.78, 5) is 11.6. The first-order chi connectivity index (χ1) is 8.65. The molecule has 4 nitrogen and oxygen atoms in total. The minimum atomic E-state index is -0.171. The fourth-order valence-electron chi connectivity index (χ4n) is 2.04. The van der Waals surface area contributed by atoms with Gasteiger partial charge in [0.15, 0.2) is 6.61 Å². The molecule has 0 saturated heterocycles. The molecule has 18 heavy (non-hydrogen) atoms. The summed E-state index contributed by atoms with van der Waals surface area (Å²) < 4.78 is 5.44. The van der Waals surface area contributed by atoms with E-state index >= 15 is 0 Å². The third kappa shape index (κ3) is 3.47. The molecule has 98 valence electrons. The molecule has 0 aromatic heterocycles. The van der Waals surface area contributed by atoms with Crippen LogP contribution in [0.25, 0.3) is 0 Å². The third-order valence-corrected chi connectivity index (χ3v) is 3.25. The van der Waals surface area contributed by atoms with Crippen molar-refractivity contribution in [1.29, 1.82) is 0 Å². The molecule has 0 heterocycles. The van der Waals surface area contributed by atoms with E-state index in [0.717, 1.165) is 24.2 Å². The number of ether oxygens (including phenoxy) is 1. The summed E-state index contributed by atoms with van der Waals surface area (Å²) in [6, 6.07) is 7.62. The van der Waals surface area contributed by atoms with Gasteiger partial charge in [0.05, 0.1) is 6.10 Å². The van der Waals surface area contributed by atoms with Gasteiger partial charge in [-0.05, 0) is 37.3 Å². The Kier molecular flexibility index (Phi) is 4.20. The van der Waals surface area contributed by atoms with Crippen molar-refractivity contribution in [1.82, 2.24) is 5.32 Å². The van der Waals surface area contributed by atoms with Crippen molar-refractivity contribution in [3.63, 3.8) is 0 Å². The summed E-state index contributed by atoms with van der Waals surface area (Å²) >= 11 is 0. The van der Waals surface area contributed by atoms with Crippen LogP contribution in [0.15, 0.2) is 24.3 Å². The number of benzene rings is 1. The summed E-state index contributed by atoms with van der Waals surface area (Å²) in [5.74, 6) is 1.05. The first-order valence-electron chi connectivity index (χ1n) is 6.28. The van der Waals surface area contributed by atoms with Gasteiger partial charge in [-0.2, -0.15) is 0 Å². The number of amides is 1. The summed E-state index contributed by atoms with van der Waals surface area (Å²) in [5.41, 5.74) is 1.02. The van der Waals surface area contributed by atoms with Crippen LogP contribution in [-0.4, -0.2) is 30.3 Å². The predicted octanol–water partition coefficient (Wildman–Crippen LogP) is 1.26. The smallest absolute Gasteiger partial charge is 0.257 e. The molecule has 0 spiro atoms. The molecule has 1 fully saturated rings. The molecule has 1 amide bonds. The Labute approximate surface area is 107 Å². The molecular weight excluding hydrogens is 230 g/mol. The van der Waals surface area contributed by atoms with Crippen LogP contribution in [0.4, 0.5) is 0 Å². The zero-order valence-electron chi connectivity index (χ0n) is 10.6. The number of carbonyl (C=O) groups is 1. The van der Waals surface area contributed by atoms with Crippen molar-refractivity contribution < 1.29 is 14.6 Å². The van der Waals surface area contributed by atoms with E-state index in [1.54, 1.807) is 0 Å². The third-order valence-electron chi connectivity index (χ3n) is 3.25. The molecule has 1 aliphatic carbocycles. The standard InChI is InChI=1S/C14H19NO3/c1-10-4-2-3-5-13(10)18-9-14(17)15-8-11-6-12(16)7-11/h2-5,11-12,16H,6-9H2,1H3,(H,15,17). The Morgan fingerprint density at radius 1 is 1.44 bits per heavy atom. The van der Waals surface area contributed by atoms with E-state index in [4.69, 9.17) is 9.84 Å². The second-order valence-electron chi connectivity index (χ2n) is 4.85. The van der Waals surface area contributed by atoms with Gasteiger partial charge in [0.1, 0.15) is 5.75 Å². The molecule has 2 rings (SSSR count). The van der Waals surface area contributed by atoms with Crippen molar-refractivity contribution in [2.24, 2.45) is 5.92 Å². The largest absolute Gasteiger partial charge is 0.484 e. The zero-order valence-corrected chi connectivity index (χ0v) is 10.6. The second-order valence-corrected chi connectivity index (χ2v) is 4.85. The summed E-state index contributed by atoms with van der Waals surface area (Å²) in [7, 11) is 0. The van der Waals surface area contributed by atoms with Crippen molar-refractivity contribution in [2.45, 2.75) is 25.9 Å². The molecule has 1 saturated carbocycles. The Bertz CT molecular complexity index is 413. The molecule has 0 aliphatic heterocycles. The van der Waals surface area contributed by atoms with E-state index < -0.39 is 0 Å². The number of hydrogen-bond donors (Lipinski definition) is 2. The van der Waals surface area contributed by atoms with Crippen LogP contribution in [0, 0.1) is 12.8 Å². The molecule has 1 aromatic rings. The summed E-state index contributed by atoms with van der Waals surface area (Å²) in [6.07, 6.45) is 1.41. The van der Waals surface area contributed by atoms with Crippen LogP contribution in [-0.2, 0) is 4.79 Å². The predicted molar refractivity (Wildman–Crippen MR) is 68.4 cm³/mol. The average molecular weight is 249 g/mol. The van der Waals surface area contributed by atoms with E-state index in [1.807, 2.05) is 31.2 Å². The number of nitrogens with one attached hydrogen (secondary N) is 1. The fraction of sp³-hybridized carbons (Fsp3) is 0.500. The maximum atomic E-state index is 11.6. The number of rotatable bonds is 5. The molecule has 1 aromatic carbocycles. The number of hydrogen-bond acceptors (Lipinski definition) is 3. The topological polar surface area (TPSA) is 58.6 Å². The van der Waals surface area contributed by atoms with Gasteiger partial charge in [-0.3, -0.25) is 4.79 Å². The maximum Gasteiger partial charge on any atom is 0.257 e. The molecule has 0 unspecified atom stereocenters. The number of aliphatic hydroxyl groups excluding tert-OH is 1. The zero-order chi connectivity index (χ0) is 13.0. The van der Waals surface area contributed by atoms with Crippen molar-refractivity contribution >= 4 is 5.91 Å². The van der Waals surface area contributed by atoms with E-state index in [1.165, 1.54) is 0 Å². The molecule has 0 atom stereocenters. The van der Waals surface area contributed by atoms with Crippen LogP contribution >= 0.6 is 0 Å². The van der Waals surface area contributed by atoms with Gasteiger partial charge in [-0.25, -0.2) is 0 Å². The van der Waals surface area contributed by atoms with E-state index in [2.05, 4.69) is 5.32 Å². The van der Waals surface area contributed by atoms with Crippen molar-refractivity contribution in [3.8, 4) is 5.75 Å². The second kappa shape index (κ2) is 5.87. The van der Waals surface area contributed by atoms with Gasteiger partial charge in [0.25, 0.3) is 5.91 Å². The molecular formula is C14H19NO3. The van der Waals surface area contributed by atoms with Gasteiger partial charge in [0, 0.05) is 6.54 Å². The number of aliphatic hydroxyl groups is 1. The van der Waals surface area contributed by atoms with Crippen LogP contribution in [0.2, 0.25) is 0 Å². The lowest BCUT2D eigenvalue weighted by Crippen LogP contribution is -2.39. The van der Waals surface area contributed by atoms with E-state index in [-0.39, 0.29) is 18.6 Å². The van der Waals surface area contributed by atoms with Crippen LogP contribution in [0.1, 0.15) is 18.4 Å². The summed E-state index contributed by atoms with van der Waals surface area (Å²) in [5, 5.41) is 11.9. The van der Waals surface area contributed by atoms with E-state index in [0.29, 0.717) is 12.5 Å². The van der Waals surface area contributed by atoms with Gasteiger partial charge in [0.2, 0.25) is 0 Å². The van der Waals surface area contributed by atoms with E-state index in [9.17, 15) is 4.79 Å². The highest BCUT2D eigenvalue weighted by atomic mass is 16.5. The number of para-hydroxylation sites is 1. The number of aryl methyl sites for hydroxylation is 1. The molecule has 0 radical (unpaired) electrons. The molecule has 0 bridgehead atoms. The minimum absolute atomic E-state index is 0.0418. The van der Waals surface area contributed by atoms with Gasteiger partial charge < -0.3 is 15.2 Å². The lowest BCUT2D eigenvalue weighted by Gasteiger charge is -2.31. The normalized spacial score (nSPS) is 22.1. The highest BCUT2D eigenvalue weighted by Gasteiger charge is 2.27. The highest BCUT2D eigenvalue weighted by molar-refractivity contribution is 5.77. The van der Waals surface area contributed by atoms with Crippen LogP contribution in [0.3, 0.4) is 0 Å². The molecule has 2 N–H and O–H groups in total. The van der Waals surface area contributed by atoms with Gasteiger partial charge in [-0.1, -0.05) is 18.2 Å². The first-order valence-corrected chi connectivity index (χ1v) is 6.28. The Hall–Kier alpha value is -1.55. The lowest BCUT2D eigenvalue weighted by atomic mass is 9.82. The SMILES string of the molecule is Cc1ccccc1OCC(=O)NCC1CC(O)C1. The average Bonchev–Trinajstić information content (AvgIpc) is 2.32. The molecule has 4 heteroatoms. The van der Waals surface area contributed by atoms with Crippen molar-refractivity contribution in [2.75, 3.05) is 13.2 Å². The highest BCUT2D eigenvalue weighted by Crippen LogP contribution is 2.26. The summed E-state index contributed by atoms with van der Waals surface area (Å²) in [6.45, 7) is 2.62. The van der Waals surface area contributed by atoms with Crippen LogP contribution < -0.4 is 10.1 Å². The number of carbonyl (C=O) groups excluding carboxylic acids is 1. The van der Waals surface area contributed by atoms with Gasteiger partial charge >= 0.3 is 0 Å². The molecule has 1 aliphatic rings. The first kappa shape index (κ1) is 12.9. The Morgan fingerprint density at radius 3 is 2.83 bits per heavy atom. The van der Waals surface area contributed by atoms with Crippen LogP contribution in [0.5, 0.6) is 5.75 Å². The van der Waals surface area contributed by atoms with Gasteiger partial charge in [-0.15, -0.1) is 0 Å². The minimum Gasteiger partial charge on any atom is -0.484 e. The van der Waals surface area contributed by atoms with Crippen molar-refractivity contribution in [3.05, 3.63) is 29.8 Å². The fourth-order valence-corrected chi connectivity index (χ4v) is 2.04. The quantitative estimate of drug-likeness (QED) is 0.826. The Morgan fingerprint density at radius 2 is 2.17 bits per heavy atom. The monoisotopic (exact) mass is 249 g/mol. The lowest BCUT2D eigenvalue weighted by molar-refractivity contribution is -0.123. The maximum absolute atomic E-state index is 11.6.